The molecule has 4 rings (SSSR count). The van der Waals surface area contributed by atoms with Gasteiger partial charge < -0.3 is 15.5 Å². The second-order valence-corrected chi connectivity index (χ2v) is 6.05. The summed E-state index contributed by atoms with van der Waals surface area (Å²) >= 11 is 0. The number of fused-ring (bicyclic) bond motifs is 2. The first-order valence-electron chi connectivity index (χ1n) is 7.71. The van der Waals surface area contributed by atoms with Gasteiger partial charge in [-0.05, 0) is 24.8 Å². The number of hydrogen-bond acceptors (Lipinski definition) is 6. The van der Waals surface area contributed by atoms with Crippen LogP contribution in [-0.4, -0.2) is 44.5 Å². The van der Waals surface area contributed by atoms with Crippen LogP contribution < -0.4 is 5.73 Å². The molecule has 2 aliphatic rings. The molecule has 1 saturated heterocycles. The van der Waals surface area contributed by atoms with Gasteiger partial charge in [0.25, 0.3) is 0 Å². The number of H-pyrrole nitrogens is 1. The first-order chi connectivity index (χ1) is 10.8. The zero-order valence-corrected chi connectivity index (χ0v) is 12.5. The van der Waals surface area contributed by atoms with E-state index in [9.17, 15) is 0 Å². The number of nitrogen functional groups attached to an aromatic ring is 1. The summed E-state index contributed by atoms with van der Waals surface area (Å²) in [6.07, 6.45) is 8.20. The summed E-state index contributed by atoms with van der Waals surface area (Å²) in [6.45, 7) is 3.58. The molecule has 1 fully saturated rings. The Morgan fingerprint density at radius 1 is 1.32 bits per heavy atom. The average Bonchev–Trinajstić information content (AvgIpc) is 3.04. The molecule has 3 N–H and O–H groups in total. The summed E-state index contributed by atoms with van der Waals surface area (Å²) < 4.78 is 6.18. The maximum Gasteiger partial charge on any atom is 0.220 e. The topological polar surface area (TPSA) is 93.0 Å². The van der Waals surface area contributed by atoms with Crippen molar-refractivity contribution in [2.45, 2.75) is 31.4 Å². The molecule has 0 unspecified atom stereocenters. The second kappa shape index (κ2) is 5.33. The van der Waals surface area contributed by atoms with Crippen molar-refractivity contribution in [3.05, 3.63) is 35.7 Å². The molecule has 1 spiro atoms. The van der Waals surface area contributed by atoms with Crippen molar-refractivity contribution in [2.24, 2.45) is 0 Å². The van der Waals surface area contributed by atoms with E-state index < -0.39 is 0 Å². The highest BCUT2D eigenvalue weighted by Gasteiger charge is 2.42. The summed E-state index contributed by atoms with van der Waals surface area (Å²) in [5.74, 6) is 0.337. The highest BCUT2D eigenvalue weighted by Crippen LogP contribution is 2.40. The lowest BCUT2D eigenvalue weighted by atomic mass is 9.83. The molecule has 2 aromatic rings. The van der Waals surface area contributed by atoms with Crippen LogP contribution >= 0.6 is 0 Å². The van der Waals surface area contributed by atoms with Gasteiger partial charge in [-0.3, -0.25) is 4.90 Å². The predicted molar refractivity (Wildman–Crippen MR) is 80.9 cm³/mol. The minimum absolute atomic E-state index is 0.283. The van der Waals surface area contributed by atoms with Gasteiger partial charge >= 0.3 is 0 Å². The summed E-state index contributed by atoms with van der Waals surface area (Å²) in [5.41, 5.74) is 8.84. The van der Waals surface area contributed by atoms with Crippen LogP contribution in [0.5, 0.6) is 0 Å². The third kappa shape index (κ3) is 2.36. The van der Waals surface area contributed by atoms with Crippen LogP contribution in [0.4, 0.5) is 5.95 Å². The van der Waals surface area contributed by atoms with Crippen molar-refractivity contribution in [1.82, 2.24) is 24.8 Å². The first kappa shape index (κ1) is 13.7. The molecular formula is C15H20N6O. The third-order valence-corrected chi connectivity index (χ3v) is 4.68. The molecular weight excluding hydrogens is 280 g/mol. The Labute approximate surface area is 128 Å². The number of imidazole rings is 1. The SMILES string of the molecule is Nc1ncc2c(n1)C1(CCN(Cc3cnc[nH]3)CC1)OCC2. The average molecular weight is 300 g/mol. The van der Waals surface area contributed by atoms with E-state index in [0.29, 0.717) is 5.95 Å². The van der Waals surface area contributed by atoms with Gasteiger partial charge in [0.2, 0.25) is 5.95 Å². The van der Waals surface area contributed by atoms with Gasteiger partial charge in [-0.25, -0.2) is 15.0 Å². The van der Waals surface area contributed by atoms with E-state index in [1.165, 1.54) is 5.56 Å². The van der Waals surface area contributed by atoms with Crippen LogP contribution in [0.1, 0.15) is 29.8 Å². The summed E-state index contributed by atoms with van der Waals surface area (Å²) in [7, 11) is 0. The van der Waals surface area contributed by atoms with E-state index in [1.807, 2.05) is 12.4 Å². The molecule has 7 nitrogen and oxygen atoms in total. The van der Waals surface area contributed by atoms with E-state index >= 15 is 0 Å². The summed E-state index contributed by atoms with van der Waals surface area (Å²) in [6, 6.07) is 0. The van der Waals surface area contributed by atoms with Crippen LogP contribution in [0.15, 0.2) is 18.7 Å². The van der Waals surface area contributed by atoms with Crippen molar-refractivity contribution in [2.75, 3.05) is 25.4 Å². The predicted octanol–water partition coefficient (Wildman–Crippen LogP) is 0.846. The van der Waals surface area contributed by atoms with E-state index in [-0.39, 0.29) is 5.60 Å². The number of piperidine rings is 1. The zero-order chi connectivity index (χ0) is 15.0. The van der Waals surface area contributed by atoms with E-state index in [1.54, 1.807) is 6.33 Å². The quantitative estimate of drug-likeness (QED) is 0.854. The molecule has 0 atom stereocenters. The Hall–Kier alpha value is -1.99. The Bertz CT molecular complexity index is 648. The van der Waals surface area contributed by atoms with Gasteiger partial charge in [0.05, 0.1) is 18.6 Å². The van der Waals surface area contributed by atoms with Gasteiger partial charge in [0.1, 0.15) is 5.60 Å². The molecule has 116 valence electrons. The number of aromatic nitrogens is 4. The number of anilines is 1. The maximum absolute atomic E-state index is 6.18. The fourth-order valence-electron chi connectivity index (χ4n) is 3.49. The molecule has 0 amide bonds. The van der Waals surface area contributed by atoms with Gasteiger partial charge in [-0.2, -0.15) is 0 Å². The summed E-state index contributed by atoms with van der Waals surface area (Å²) in [4.78, 5) is 18.3. The minimum Gasteiger partial charge on any atom is -0.368 e. The number of nitrogens with zero attached hydrogens (tertiary/aromatic N) is 4. The standard InChI is InChI=1S/C15H20N6O/c16-14-18-7-11-1-6-22-15(13(11)20-14)2-4-21(5-3-15)9-12-8-17-10-19-12/h7-8,10H,1-6,9H2,(H,17,19)(H2,16,18,20). The number of nitrogens with one attached hydrogen (secondary N) is 1. The van der Waals surface area contributed by atoms with Crippen molar-refractivity contribution in [1.29, 1.82) is 0 Å². The number of ether oxygens (including phenoxy) is 1. The van der Waals surface area contributed by atoms with Gasteiger partial charge in [-0.1, -0.05) is 0 Å². The van der Waals surface area contributed by atoms with Crippen LogP contribution in [-0.2, 0) is 23.3 Å². The normalized spacial score (nSPS) is 20.9. The number of rotatable bonds is 2. The monoisotopic (exact) mass is 300 g/mol. The summed E-state index contributed by atoms with van der Waals surface area (Å²) in [5, 5.41) is 0. The Kier molecular flexibility index (Phi) is 3.31. The lowest BCUT2D eigenvalue weighted by Gasteiger charge is -2.43. The lowest BCUT2D eigenvalue weighted by molar-refractivity contribution is -0.102. The molecule has 0 aliphatic carbocycles. The maximum atomic E-state index is 6.18. The zero-order valence-electron chi connectivity index (χ0n) is 12.5. The molecule has 22 heavy (non-hydrogen) atoms. The Morgan fingerprint density at radius 2 is 2.18 bits per heavy atom. The van der Waals surface area contributed by atoms with Crippen molar-refractivity contribution >= 4 is 5.95 Å². The Morgan fingerprint density at radius 3 is 2.95 bits per heavy atom. The smallest absolute Gasteiger partial charge is 0.220 e. The van der Waals surface area contributed by atoms with Gasteiger partial charge in [0, 0.05) is 37.7 Å². The van der Waals surface area contributed by atoms with Crippen molar-refractivity contribution in [3.63, 3.8) is 0 Å². The van der Waals surface area contributed by atoms with Gasteiger partial charge in [0.15, 0.2) is 0 Å². The third-order valence-electron chi connectivity index (χ3n) is 4.68. The highest BCUT2D eigenvalue weighted by molar-refractivity contribution is 5.32. The van der Waals surface area contributed by atoms with Crippen molar-refractivity contribution in [3.8, 4) is 0 Å². The number of hydrogen-bond donors (Lipinski definition) is 2. The number of likely N-dealkylation sites (tertiary alicyclic amines) is 1. The van der Waals surface area contributed by atoms with E-state index in [0.717, 1.165) is 56.9 Å². The molecule has 0 radical (unpaired) electrons. The molecule has 4 heterocycles. The fourth-order valence-corrected chi connectivity index (χ4v) is 3.49. The molecule has 0 bridgehead atoms. The van der Waals surface area contributed by atoms with Crippen LogP contribution in [0, 0.1) is 0 Å². The molecule has 7 heteroatoms. The molecule has 2 aliphatic heterocycles. The van der Waals surface area contributed by atoms with E-state index in [4.69, 9.17) is 10.5 Å². The van der Waals surface area contributed by atoms with Crippen LogP contribution in [0.2, 0.25) is 0 Å². The molecule has 0 aromatic carbocycles. The van der Waals surface area contributed by atoms with Crippen molar-refractivity contribution < 1.29 is 4.74 Å². The second-order valence-electron chi connectivity index (χ2n) is 6.05. The van der Waals surface area contributed by atoms with E-state index in [2.05, 4.69) is 24.8 Å². The van der Waals surface area contributed by atoms with Crippen LogP contribution in [0.3, 0.4) is 0 Å². The van der Waals surface area contributed by atoms with Gasteiger partial charge in [-0.15, -0.1) is 0 Å². The molecule has 0 saturated carbocycles. The highest BCUT2D eigenvalue weighted by atomic mass is 16.5. The van der Waals surface area contributed by atoms with Crippen LogP contribution in [0.25, 0.3) is 0 Å². The molecule has 2 aromatic heterocycles. The largest absolute Gasteiger partial charge is 0.368 e. The number of aromatic amines is 1. The number of nitrogens with two attached hydrogens (primary N) is 1. The Balaban J connectivity index is 1.52. The fraction of sp³-hybridized carbons (Fsp3) is 0.533. The first-order valence-corrected chi connectivity index (χ1v) is 7.71. The minimum atomic E-state index is -0.283. The lowest BCUT2D eigenvalue weighted by Crippen LogP contribution is -2.47.